The molecule has 1 heterocycles. The number of hydrogen-bond donors (Lipinski definition) is 1. The van der Waals surface area contributed by atoms with Gasteiger partial charge in [0.2, 0.25) is 4.77 Å². The van der Waals surface area contributed by atoms with Crippen LogP contribution in [0.15, 0.2) is 52.4 Å². The number of nitrogens with one attached hydrogen (secondary N) is 1. The highest BCUT2D eigenvalue weighted by Crippen LogP contribution is 2.22. The van der Waals surface area contributed by atoms with Crippen LogP contribution in [0, 0.1) is 14.9 Å². The molecule has 120 valence electrons. The van der Waals surface area contributed by atoms with E-state index in [1.807, 2.05) is 0 Å². The van der Waals surface area contributed by atoms with Crippen LogP contribution >= 0.6 is 12.2 Å². The summed E-state index contributed by atoms with van der Waals surface area (Å²) in [6.45, 7) is 0. The molecule has 0 saturated heterocycles. The highest BCUT2D eigenvalue weighted by molar-refractivity contribution is 7.71. The fourth-order valence-electron chi connectivity index (χ4n) is 2.14. The Hall–Kier alpha value is -3.33. The van der Waals surface area contributed by atoms with Crippen LogP contribution in [0.5, 0.6) is 5.75 Å². The Morgan fingerprint density at radius 1 is 1.25 bits per heavy atom. The molecule has 0 aliphatic heterocycles. The lowest BCUT2D eigenvalue weighted by atomic mass is 10.2. The van der Waals surface area contributed by atoms with Crippen molar-refractivity contribution >= 4 is 35.0 Å². The summed E-state index contributed by atoms with van der Waals surface area (Å²) in [7, 11) is 0. The lowest BCUT2D eigenvalue weighted by molar-refractivity contribution is -0.398. The normalized spacial score (nSPS) is 11.2. The molecule has 0 unspecified atom stereocenters. The number of para-hydroxylation sites is 1. The number of nitro groups is 1. The monoisotopic (exact) mass is 341 g/mol. The zero-order valence-corrected chi connectivity index (χ0v) is 12.8. The number of nitrogens with zero attached hydrogens (tertiary/aromatic N) is 3. The summed E-state index contributed by atoms with van der Waals surface area (Å²) in [5.74, 6) is -0.697. The van der Waals surface area contributed by atoms with E-state index < -0.39 is 21.9 Å². The van der Waals surface area contributed by atoms with E-state index in [2.05, 4.69) is 10.1 Å². The van der Waals surface area contributed by atoms with Crippen molar-refractivity contribution in [1.29, 1.82) is 0 Å². The first kappa shape index (κ1) is 15.6. The first-order valence-corrected chi connectivity index (χ1v) is 7.12. The van der Waals surface area contributed by atoms with Crippen molar-refractivity contribution in [3.8, 4) is 5.75 Å². The van der Waals surface area contributed by atoms with Gasteiger partial charge in [-0.25, -0.2) is 0 Å². The molecule has 3 rings (SSSR count). The lowest BCUT2D eigenvalue weighted by Crippen LogP contribution is -2.18. The van der Waals surface area contributed by atoms with Crippen LogP contribution in [0.1, 0.15) is 5.56 Å². The quantitative estimate of drug-likeness (QED) is 0.338. The third kappa shape index (κ3) is 2.79. The van der Waals surface area contributed by atoms with Gasteiger partial charge < -0.3 is 10.1 Å². The second-order valence-corrected chi connectivity index (χ2v) is 5.21. The van der Waals surface area contributed by atoms with Crippen LogP contribution in [0.3, 0.4) is 0 Å². The molecule has 0 radical (unpaired) electrons. The standard InChI is InChI=1S/C15H10N4O4S/c20-13-6-5-9(7-12(13)19(22)23)8-16-18-14(21)10-3-1-2-4-11(10)17-15(18)24/h1-8,20H,(H,17,24)/p-1/b16-8-. The fraction of sp³-hybridized carbons (Fsp3) is 0. The Labute approximate surface area is 139 Å². The number of fused-ring (bicyclic) bond motifs is 1. The van der Waals surface area contributed by atoms with Gasteiger partial charge in [-0.3, -0.25) is 14.9 Å². The highest BCUT2D eigenvalue weighted by atomic mass is 32.1. The molecule has 0 aliphatic carbocycles. The Balaban J connectivity index is 2.09. The van der Waals surface area contributed by atoms with Crippen LogP contribution in [0.4, 0.5) is 5.69 Å². The molecule has 3 aromatic rings. The molecule has 1 aromatic heterocycles. The number of nitro benzene ring substituents is 1. The average Bonchev–Trinajstić information content (AvgIpc) is 2.55. The predicted octanol–water partition coefficient (Wildman–Crippen LogP) is 1.92. The lowest BCUT2D eigenvalue weighted by Gasteiger charge is -2.06. The number of rotatable bonds is 3. The van der Waals surface area contributed by atoms with Crippen molar-refractivity contribution in [2.24, 2.45) is 5.10 Å². The highest BCUT2D eigenvalue weighted by Gasteiger charge is 2.07. The SMILES string of the molecule is O=c1c2ccccc2[nH]c(=S)n1/N=C\c1ccc([O-])c([N+](=O)[O-])c1. The molecule has 8 nitrogen and oxygen atoms in total. The van der Waals surface area contributed by atoms with Gasteiger partial charge in [-0.2, -0.15) is 9.78 Å². The van der Waals surface area contributed by atoms with E-state index in [-0.39, 0.29) is 4.77 Å². The summed E-state index contributed by atoms with van der Waals surface area (Å²) < 4.78 is 1.07. The number of aromatic amines is 1. The van der Waals surface area contributed by atoms with Gasteiger partial charge in [0.1, 0.15) is 0 Å². The Morgan fingerprint density at radius 3 is 2.75 bits per heavy atom. The maximum atomic E-state index is 12.4. The van der Waals surface area contributed by atoms with Crippen molar-refractivity contribution in [3.63, 3.8) is 0 Å². The molecule has 0 aliphatic rings. The maximum absolute atomic E-state index is 12.4. The first-order valence-electron chi connectivity index (χ1n) is 6.71. The molecule has 2 aromatic carbocycles. The number of benzene rings is 2. The van der Waals surface area contributed by atoms with Crippen LogP contribution < -0.4 is 10.7 Å². The van der Waals surface area contributed by atoms with Crippen molar-refractivity contribution in [1.82, 2.24) is 9.66 Å². The topological polar surface area (TPSA) is 116 Å². The average molecular weight is 341 g/mol. The summed E-state index contributed by atoms with van der Waals surface area (Å²) in [4.78, 5) is 25.3. The van der Waals surface area contributed by atoms with E-state index in [0.29, 0.717) is 16.5 Å². The van der Waals surface area contributed by atoms with Crippen LogP contribution in [0.2, 0.25) is 0 Å². The van der Waals surface area contributed by atoms with Crippen LogP contribution in [-0.2, 0) is 0 Å². The molecule has 24 heavy (non-hydrogen) atoms. The Kier molecular flexibility index (Phi) is 3.92. The molecule has 0 bridgehead atoms. The van der Waals surface area contributed by atoms with E-state index >= 15 is 0 Å². The van der Waals surface area contributed by atoms with Crippen molar-refractivity contribution in [2.45, 2.75) is 0 Å². The minimum atomic E-state index is -0.770. The molecule has 0 saturated carbocycles. The van der Waals surface area contributed by atoms with E-state index in [1.54, 1.807) is 24.3 Å². The van der Waals surface area contributed by atoms with Gasteiger partial charge in [0.25, 0.3) is 11.2 Å². The molecule has 0 atom stereocenters. The summed E-state index contributed by atoms with van der Waals surface area (Å²) in [6, 6.07) is 10.4. The molecule has 0 fully saturated rings. The molecule has 1 N–H and O–H groups in total. The minimum Gasteiger partial charge on any atom is -0.868 e. The van der Waals surface area contributed by atoms with Crippen LogP contribution in [-0.4, -0.2) is 20.8 Å². The Bertz CT molecular complexity index is 1100. The van der Waals surface area contributed by atoms with Gasteiger partial charge in [0, 0.05) is 11.6 Å². The van der Waals surface area contributed by atoms with E-state index in [4.69, 9.17) is 12.2 Å². The largest absolute Gasteiger partial charge is 0.868 e. The van der Waals surface area contributed by atoms with Gasteiger partial charge in [-0.15, -0.1) is 0 Å². The summed E-state index contributed by atoms with van der Waals surface area (Å²) >= 11 is 5.11. The maximum Gasteiger partial charge on any atom is 0.282 e. The second-order valence-electron chi connectivity index (χ2n) is 4.82. The summed E-state index contributed by atoms with van der Waals surface area (Å²) in [6.07, 6.45) is 1.23. The van der Waals surface area contributed by atoms with Gasteiger partial charge in [0.05, 0.1) is 22.0 Å². The zero-order valence-electron chi connectivity index (χ0n) is 12.0. The van der Waals surface area contributed by atoms with E-state index in [9.17, 15) is 20.0 Å². The van der Waals surface area contributed by atoms with Gasteiger partial charge in [0.15, 0.2) is 0 Å². The van der Waals surface area contributed by atoms with Crippen molar-refractivity contribution < 1.29 is 10.0 Å². The summed E-state index contributed by atoms with van der Waals surface area (Å²) in [5.41, 5.74) is -0.0865. The minimum absolute atomic E-state index is 0.0879. The Morgan fingerprint density at radius 2 is 2.00 bits per heavy atom. The fourth-order valence-corrected chi connectivity index (χ4v) is 2.38. The first-order chi connectivity index (χ1) is 11.5. The zero-order chi connectivity index (χ0) is 17.3. The van der Waals surface area contributed by atoms with Crippen molar-refractivity contribution in [3.05, 3.63) is 73.3 Å². The van der Waals surface area contributed by atoms with Gasteiger partial charge in [-0.1, -0.05) is 24.3 Å². The number of H-pyrrole nitrogens is 1. The molecule has 9 heteroatoms. The second kappa shape index (κ2) is 6.05. The molecule has 0 spiro atoms. The molecular formula is C15H9N4O4S-. The van der Waals surface area contributed by atoms with E-state index in [0.717, 1.165) is 16.8 Å². The molecule has 0 amide bonds. The molecular weight excluding hydrogens is 332 g/mol. The van der Waals surface area contributed by atoms with E-state index in [1.165, 1.54) is 12.3 Å². The predicted molar refractivity (Wildman–Crippen MR) is 88.9 cm³/mol. The number of aromatic nitrogens is 2. The third-order valence-electron chi connectivity index (χ3n) is 3.29. The van der Waals surface area contributed by atoms with Gasteiger partial charge >= 0.3 is 0 Å². The number of hydrogen-bond acceptors (Lipinski definition) is 6. The van der Waals surface area contributed by atoms with Crippen LogP contribution in [0.25, 0.3) is 10.9 Å². The smallest absolute Gasteiger partial charge is 0.282 e. The van der Waals surface area contributed by atoms with Gasteiger partial charge in [-0.05, 0) is 30.1 Å². The third-order valence-corrected chi connectivity index (χ3v) is 3.56. The summed E-state index contributed by atoms with van der Waals surface area (Å²) in [5, 5.41) is 26.5. The van der Waals surface area contributed by atoms with Crippen molar-refractivity contribution in [2.75, 3.05) is 0 Å².